The molecule has 0 saturated carbocycles. The smallest absolute Gasteiger partial charge is 0.00235 e. The number of hydrogen-bond acceptors (Lipinski definition) is 1. The first-order chi connectivity index (χ1) is 6.83. The average Bonchev–Trinajstić information content (AvgIpc) is 2.66. The third kappa shape index (κ3) is 1.69. The van der Waals surface area contributed by atoms with Gasteiger partial charge in [-0.2, -0.15) is 0 Å². The van der Waals surface area contributed by atoms with E-state index in [0.717, 1.165) is 18.4 Å². The first-order valence-electron chi connectivity index (χ1n) is 5.59. The van der Waals surface area contributed by atoms with Crippen LogP contribution in [0.3, 0.4) is 0 Å². The van der Waals surface area contributed by atoms with Crippen molar-refractivity contribution in [1.82, 2.24) is 5.32 Å². The van der Waals surface area contributed by atoms with Gasteiger partial charge in [0.1, 0.15) is 0 Å². The Morgan fingerprint density at radius 3 is 2.79 bits per heavy atom. The second-order valence-corrected chi connectivity index (χ2v) is 4.29. The van der Waals surface area contributed by atoms with E-state index in [1.54, 1.807) is 5.56 Å². The standard InChI is InChI=1S/C13H19N/c1-3-11-8-14-9-13(11)12-7-5-4-6-10(12)2/h4-7,11,13-14H,3,8-9H2,1-2H3/t11-,13-/m1/s1. The zero-order chi connectivity index (χ0) is 9.97. The summed E-state index contributed by atoms with van der Waals surface area (Å²) in [6.45, 7) is 6.86. The lowest BCUT2D eigenvalue weighted by molar-refractivity contribution is 0.501. The predicted octanol–water partition coefficient (Wildman–Crippen LogP) is 2.71. The van der Waals surface area contributed by atoms with Crippen LogP contribution in [0.1, 0.15) is 30.4 Å². The molecule has 1 heterocycles. The first kappa shape index (κ1) is 9.72. The second-order valence-electron chi connectivity index (χ2n) is 4.29. The monoisotopic (exact) mass is 189 g/mol. The topological polar surface area (TPSA) is 12.0 Å². The highest BCUT2D eigenvalue weighted by atomic mass is 14.9. The van der Waals surface area contributed by atoms with Gasteiger partial charge in [0.25, 0.3) is 0 Å². The molecular weight excluding hydrogens is 170 g/mol. The van der Waals surface area contributed by atoms with E-state index in [0.29, 0.717) is 0 Å². The van der Waals surface area contributed by atoms with E-state index in [1.807, 2.05) is 0 Å². The minimum Gasteiger partial charge on any atom is -0.316 e. The van der Waals surface area contributed by atoms with Crippen molar-refractivity contribution in [1.29, 1.82) is 0 Å². The molecule has 0 unspecified atom stereocenters. The zero-order valence-corrected chi connectivity index (χ0v) is 9.09. The van der Waals surface area contributed by atoms with Crippen LogP contribution in [-0.2, 0) is 0 Å². The molecule has 1 aliphatic rings. The lowest BCUT2D eigenvalue weighted by atomic mass is 9.85. The number of nitrogens with one attached hydrogen (secondary N) is 1. The van der Waals surface area contributed by atoms with Gasteiger partial charge in [-0.1, -0.05) is 37.6 Å². The van der Waals surface area contributed by atoms with Crippen molar-refractivity contribution >= 4 is 0 Å². The van der Waals surface area contributed by atoms with E-state index in [4.69, 9.17) is 0 Å². The van der Waals surface area contributed by atoms with Crippen molar-refractivity contribution in [3.8, 4) is 0 Å². The summed E-state index contributed by atoms with van der Waals surface area (Å²) in [5.41, 5.74) is 2.99. The normalized spacial score (nSPS) is 26.7. The molecule has 0 amide bonds. The molecule has 76 valence electrons. The van der Waals surface area contributed by atoms with E-state index in [2.05, 4.69) is 43.4 Å². The van der Waals surface area contributed by atoms with Gasteiger partial charge in [0.05, 0.1) is 0 Å². The van der Waals surface area contributed by atoms with Gasteiger partial charge in [0.2, 0.25) is 0 Å². The van der Waals surface area contributed by atoms with Crippen molar-refractivity contribution in [2.75, 3.05) is 13.1 Å². The molecule has 1 N–H and O–H groups in total. The Balaban J connectivity index is 2.26. The van der Waals surface area contributed by atoms with Gasteiger partial charge >= 0.3 is 0 Å². The molecule has 1 heteroatoms. The van der Waals surface area contributed by atoms with E-state index >= 15 is 0 Å². The molecular formula is C13H19N. The molecule has 2 rings (SSSR count). The maximum absolute atomic E-state index is 3.50. The molecule has 1 fully saturated rings. The highest BCUT2D eigenvalue weighted by Gasteiger charge is 2.27. The number of rotatable bonds is 2. The molecule has 1 aliphatic heterocycles. The van der Waals surface area contributed by atoms with Gasteiger partial charge in [0, 0.05) is 12.5 Å². The van der Waals surface area contributed by atoms with Crippen molar-refractivity contribution in [3.63, 3.8) is 0 Å². The van der Waals surface area contributed by atoms with Crippen LogP contribution in [-0.4, -0.2) is 13.1 Å². The number of benzene rings is 1. The summed E-state index contributed by atoms with van der Waals surface area (Å²) in [6.07, 6.45) is 1.28. The summed E-state index contributed by atoms with van der Waals surface area (Å²) in [7, 11) is 0. The first-order valence-corrected chi connectivity index (χ1v) is 5.59. The summed E-state index contributed by atoms with van der Waals surface area (Å²) in [5.74, 6) is 1.57. The van der Waals surface area contributed by atoms with Crippen LogP contribution < -0.4 is 5.32 Å². The molecule has 14 heavy (non-hydrogen) atoms. The SMILES string of the molecule is CC[C@@H]1CNC[C@H]1c1ccccc1C. The lowest BCUT2D eigenvalue weighted by Gasteiger charge is -2.19. The van der Waals surface area contributed by atoms with Crippen LogP contribution in [0.25, 0.3) is 0 Å². The van der Waals surface area contributed by atoms with Gasteiger partial charge in [0.15, 0.2) is 0 Å². The molecule has 2 atom stereocenters. The quantitative estimate of drug-likeness (QED) is 0.754. The second kappa shape index (κ2) is 4.14. The van der Waals surface area contributed by atoms with Gasteiger partial charge < -0.3 is 5.32 Å². The molecule has 1 nitrogen and oxygen atoms in total. The molecule has 0 radical (unpaired) electrons. The number of aryl methyl sites for hydroxylation is 1. The highest BCUT2D eigenvalue weighted by molar-refractivity contribution is 5.30. The van der Waals surface area contributed by atoms with Gasteiger partial charge in [-0.25, -0.2) is 0 Å². The largest absolute Gasteiger partial charge is 0.316 e. The average molecular weight is 189 g/mol. The van der Waals surface area contributed by atoms with Gasteiger partial charge in [-0.15, -0.1) is 0 Å². The molecule has 0 spiro atoms. The Kier molecular flexibility index (Phi) is 2.87. The van der Waals surface area contributed by atoms with Crippen LogP contribution in [0, 0.1) is 12.8 Å². The Morgan fingerprint density at radius 1 is 1.29 bits per heavy atom. The van der Waals surface area contributed by atoms with E-state index in [1.165, 1.54) is 18.5 Å². The Bertz CT molecular complexity index is 306. The summed E-state index contributed by atoms with van der Waals surface area (Å²) in [4.78, 5) is 0. The Morgan fingerprint density at radius 2 is 2.07 bits per heavy atom. The van der Waals surface area contributed by atoms with Crippen LogP contribution in [0.15, 0.2) is 24.3 Å². The summed E-state index contributed by atoms with van der Waals surface area (Å²) >= 11 is 0. The van der Waals surface area contributed by atoms with Gasteiger partial charge in [-0.3, -0.25) is 0 Å². The predicted molar refractivity (Wildman–Crippen MR) is 60.6 cm³/mol. The maximum atomic E-state index is 3.50. The maximum Gasteiger partial charge on any atom is 0.00235 e. The van der Waals surface area contributed by atoms with Crippen molar-refractivity contribution in [3.05, 3.63) is 35.4 Å². The molecule has 1 aromatic carbocycles. The third-order valence-electron chi connectivity index (χ3n) is 3.45. The summed E-state index contributed by atoms with van der Waals surface area (Å²) < 4.78 is 0. The molecule has 1 saturated heterocycles. The summed E-state index contributed by atoms with van der Waals surface area (Å²) in [6, 6.07) is 8.80. The van der Waals surface area contributed by atoms with Crippen molar-refractivity contribution < 1.29 is 0 Å². The van der Waals surface area contributed by atoms with E-state index < -0.39 is 0 Å². The van der Waals surface area contributed by atoms with E-state index in [-0.39, 0.29) is 0 Å². The fourth-order valence-corrected chi connectivity index (χ4v) is 2.53. The molecule has 0 aromatic heterocycles. The zero-order valence-electron chi connectivity index (χ0n) is 9.09. The number of hydrogen-bond donors (Lipinski definition) is 1. The lowest BCUT2D eigenvalue weighted by Crippen LogP contribution is -2.10. The van der Waals surface area contributed by atoms with Crippen LogP contribution in [0.2, 0.25) is 0 Å². The molecule has 1 aromatic rings. The van der Waals surface area contributed by atoms with Crippen molar-refractivity contribution in [2.24, 2.45) is 5.92 Å². The Labute approximate surface area is 86.5 Å². The fourth-order valence-electron chi connectivity index (χ4n) is 2.53. The molecule has 0 aliphatic carbocycles. The van der Waals surface area contributed by atoms with Crippen LogP contribution in [0.5, 0.6) is 0 Å². The molecule has 0 bridgehead atoms. The van der Waals surface area contributed by atoms with E-state index in [9.17, 15) is 0 Å². The van der Waals surface area contributed by atoms with Crippen molar-refractivity contribution in [2.45, 2.75) is 26.2 Å². The van der Waals surface area contributed by atoms with Crippen LogP contribution >= 0.6 is 0 Å². The fraction of sp³-hybridized carbons (Fsp3) is 0.538. The third-order valence-corrected chi connectivity index (χ3v) is 3.45. The van der Waals surface area contributed by atoms with Crippen LogP contribution in [0.4, 0.5) is 0 Å². The minimum absolute atomic E-state index is 0.737. The highest BCUT2D eigenvalue weighted by Crippen LogP contribution is 2.31. The Hall–Kier alpha value is -0.820. The minimum atomic E-state index is 0.737. The summed E-state index contributed by atoms with van der Waals surface area (Å²) in [5, 5.41) is 3.50. The van der Waals surface area contributed by atoms with Gasteiger partial charge in [-0.05, 0) is 30.5 Å².